The van der Waals surface area contributed by atoms with Crippen molar-refractivity contribution in [3.8, 4) is 0 Å². The Morgan fingerprint density at radius 2 is 1.94 bits per heavy atom. The second-order valence-corrected chi connectivity index (χ2v) is 9.70. The molecule has 3 fully saturated rings. The zero-order valence-corrected chi connectivity index (χ0v) is 17.9. The lowest BCUT2D eigenvalue weighted by atomic mass is 9.66. The minimum Gasteiger partial charge on any atom is -0.477 e. The molecule has 1 aromatic carbocycles. The molecule has 2 aromatic rings. The first kappa shape index (κ1) is 22.0. The van der Waals surface area contributed by atoms with E-state index < -0.39 is 65.0 Å². The van der Waals surface area contributed by atoms with Crippen LogP contribution in [0.15, 0.2) is 11.0 Å². The largest absolute Gasteiger partial charge is 0.477 e. The molecule has 11 heteroatoms. The predicted octanol–water partition coefficient (Wildman–Crippen LogP) is 2.97. The van der Waals surface area contributed by atoms with Gasteiger partial charge in [-0.2, -0.15) is 0 Å². The van der Waals surface area contributed by atoms with Gasteiger partial charge in [0.1, 0.15) is 11.7 Å². The third-order valence-electron chi connectivity index (χ3n) is 7.42. The molecule has 0 bridgehead atoms. The van der Waals surface area contributed by atoms with Crippen LogP contribution in [-0.4, -0.2) is 46.4 Å². The normalized spacial score (nSPS) is 27.6. The van der Waals surface area contributed by atoms with Gasteiger partial charge in [0.15, 0.2) is 5.82 Å². The lowest BCUT2D eigenvalue weighted by Crippen LogP contribution is -2.63. The van der Waals surface area contributed by atoms with Crippen molar-refractivity contribution >= 4 is 28.2 Å². The number of nitrogens with two attached hydrogens (primary N) is 2. The Kier molecular flexibility index (Phi) is 4.56. The summed E-state index contributed by atoms with van der Waals surface area (Å²) in [5, 5.41) is 9.14. The molecule has 1 saturated heterocycles. The lowest BCUT2D eigenvalue weighted by molar-refractivity contribution is -0.136. The van der Waals surface area contributed by atoms with Crippen molar-refractivity contribution in [3.63, 3.8) is 0 Å². The molecule has 1 aliphatic heterocycles. The van der Waals surface area contributed by atoms with E-state index in [2.05, 4.69) is 0 Å². The van der Waals surface area contributed by atoms with Crippen molar-refractivity contribution in [3.05, 3.63) is 33.4 Å². The van der Waals surface area contributed by atoms with Crippen LogP contribution >= 0.6 is 0 Å². The highest BCUT2D eigenvalue weighted by Gasteiger charge is 2.58. The third kappa shape index (κ3) is 3.19. The number of nitrogen functional groups attached to an aromatic ring is 1. The third-order valence-corrected chi connectivity index (χ3v) is 7.42. The maximum absolute atomic E-state index is 15.5. The van der Waals surface area contributed by atoms with E-state index in [1.54, 1.807) is 11.8 Å². The van der Waals surface area contributed by atoms with E-state index in [9.17, 15) is 27.9 Å². The molecule has 1 unspecified atom stereocenters. The summed E-state index contributed by atoms with van der Waals surface area (Å²) in [5.74, 6) is -5.46. The number of carbonyl (C=O) groups is 1. The Morgan fingerprint density at radius 1 is 1.30 bits per heavy atom. The van der Waals surface area contributed by atoms with Crippen LogP contribution in [0, 0.1) is 18.7 Å². The van der Waals surface area contributed by atoms with Gasteiger partial charge in [0.05, 0.1) is 28.3 Å². The molecule has 178 valence electrons. The summed E-state index contributed by atoms with van der Waals surface area (Å²) in [5.41, 5.74) is 9.73. The zero-order chi connectivity index (χ0) is 24.0. The number of anilines is 2. The van der Waals surface area contributed by atoms with E-state index >= 15 is 4.39 Å². The van der Waals surface area contributed by atoms with Gasteiger partial charge in [-0.15, -0.1) is 0 Å². The molecule has 2 aliphatic carbocycles. The van der Waals surface area contributed by atoms with Crippen LogP contribution < -0.4 is 21.8 Å². The topological polar surface area (TPSA) is 115 Å². The van der Waals surface area contributed by atoms with Gasteiger partial charge in [-0.3, -0.25) is 4.79 Å². The maximum Gasteiger partial charge on any atom is 0.341 e. The first-order chi connectivity index (χ1) is 15.3. The molecule has 0 radical (unpaired) electrons. The number of rotatable bonds is 4. The van der Waals surface area contributed by atoms with Crippen molar-refractivity contribution in [1.82, 2.24) is 4.57 Å². The number of carboxylic acid groups (broad SMARTS) is 1. The monoisotopic (exact) mass is 468 g/mol. The molecule has 0 amide bonds. The number of nitrogens with zero attached hydrogens (tertiary/aromatic N) is 2. The SMILES string of the molecule is Cc1c(N2CCC(C3(N)CC(F)(F)C3)C2)c(F)c(N)c2c(=O)c(C(=O)O)cn([C@@H]3C[C@@H]3F)c12. The first-order valence-corrected chi connectivity index (χ1v) is 10.8. The van der Waals surface area contributed by atoms with E-state index in [1.807, 2.05) is 0 Å². The molecular formula is C22H24F4N4O3. The summed E-state index contributed by atoms with van der Waals surface area (Å²) in [6.07, 6.45) is -0.348. The van der Waals surface area contributed by atoms with E-state index in [-0.39, 0.29) is 35.5 Å². The predicted molar refractivity (Wildman–Crippen MR) is 114 cm³/mol. The number of aromatic carboxylic acids is 1. The van der Waals surface area contributed by atoms with E-state index in [0.29, 0.717) is 18.5 Å². The van der Waals surface area contributed by atoms with Gasteiger partial charge in [-0.05, 0) is 24.8 Å². The fourth-order valence-electron chi connectivity index (χ4n) is 5.64. The highest BCUT2D eigenvalue weighted by Crippen LogP contribution is 2.51. The number of carboxylic acids is 1. The molecule has 33 heavy (non-hydrogen) atoms. The molecule has 2 heterocycles. The molecule has 5 N–H and O–H groups in total. The Hall–Kier alpha value is -2.82. The molecule has 1 aromatic heterocycles. The molecule has 3 atom stereocenters. The zero-order valence-electron chi connectivity index (χ0n) is 17.9. The van der Waals surface area contributed by atoms with Gasteiger partial charge in [-0.1, -0.05) is 0 Å². The Bertz CT molecular complexity index is 1250. The van der Waals surface area contributed by atoms with Crippen molar-refractivity contribution in [1.29, 1.82) is 0 Å². The number of aryl methyl sites for hydroxylation is 1. The van der Waals surface area contributed by atoms with E-state index in [4.69, 9.17) is 11.5 Å². The number of pyridine rings is 1. The van der Waals surface area contributed by atoms with Crippen LogP contribution in [0.1, 0.15) is 47.6 Å². The van der Waals surface area contributed by atoms with Gasteiger partial charge < -0.3 is 26.0 Å². The number of halogens is 4. The highest BCUT2D eigenvalue weighted by atomic mass is 19.3. The Balaban J connectivity index is 1.64. The Morgan fingerprint density at radius 3 is 2.48 bits per heavy atom. The number of aromatic nitrogens is 1. The van der Waals surface area contributed by atoms with Crippen molar-refractivity contribution in [2.24, 2.45) is 11.7 Å². The van der Waals surface area contributed by atoms with Gasteiger partial charge in [-0.25, -0.2) is 22.4 Å². The van der Waals surface area contributed by atoms with Gasteiger partial charge >= 0.3 is 5.97 Å². The molecule has 0 spiro atoms. The second-order valence-electron chi connectivity index (χ2n) is 9.70. The molecule has 5 rings (SSSR count). The van der Waals surface area contributed by atoms with E-state index in [0.717, 1.165) is 6.20 Å². The highest BCUT2D eigenvalue weighted by molar-refractivity contribution is 6.01. The number of fused-ring (bicyclic) bond motifs is 1. The molecular weight excluding hydrogens is 444 g/mol. The standard InChI is InChI=1S/C22H24F4N4O3/c1-9-17-14(19(31)11(20(32)33)6-30(17)13-4-12(13)23)16(27)15(24)18(9)29-3-2-10(5-29)21(28)7-22(25,26)8-21/h6,10,12-13H,2-5,7-8,27-28H2,1H3,(H,32,33)/t10?,12-,13+/m0/s1. The smallest absolute Gasteiger partial charge is 0.341 e. The number of hydrogen-bond acceptors (Lipinski definition) is 5. The Labute approximate surface area is 185 Å². The fourth-order valence-corrected chi connectivity index (χ4v) is 5.64. The van der Waals surface area contributed by atoms with Crippen LogP contribution in [0.4, 0.5) is 28.9 Å². The van der Waals surface area contributed by atoms with Crippen LogP contribution in [0.5, 0.6) is 0 Å². The van der Waals surface area contributed by atoms with Gasteiger partial charge in [0, 0.05) is 44.1 Å². The van der Waals surface area contributed by atoms with Gasteiger partial charge in [0.2, 0.25) is 5.43 Å². The van der Waals surface area contributed by atoms with Crippen LogP contribution in [0.3, 0.4) is 0 Å². The summed E-state index contributed by atoms with van der Waals surface area (Å²) in [6.45, 7) is 2.15. The average molecular weight is 468 g/mol. The summed E-state index contributed by atoms with van der Waals surface area (Å²) in [6, 6.07) is -0.682. The second kappa shape index (κ2) is 6.85. The van der Waals surface area contributed by atoms with Crippen molar-refractivity contribution < 1.29 is 27.5 Å². The summed E-state index contributed by atoms with van der Waals surface area (Å²) in [7, 11) is 0. The maximum atomic E-state index is 15.5. The van der Waals surface area contributed by atoms with Gasteiger partial charge in [0.25, 0.3) is 5.92 Å². The summed E-state index contributed by atoms with van der Waals surface area (Å²) in [4.78, 5) is 26.1. The number of benzene rings is 1. The van der Waals surface area contributed by atoms with Crippen LogP contribution in [-0.2, 0) is 0 Å². The number of hydrogen-bond donors (Lipinski definition) is 3. The molecule has 2 saturated carbocycles. The van der Waals surface area contributed by atoms with Crippen LogP contribution in [0.25, 0.3) is 10.9 Å². The average Bonchev–Trinajstić information content (AvgIpc) is 3.21. The summed E-state index contributed by atoms with van der Waals surface area (Å²) < 4.78 is 57.8. The van der Waals surface area contributed by atoms with E-state index in [1.165, 1.54) is 4.57 Å². The van der Waals surface area contributed by atoms with Crippen molar-refractivity contribution in [2.45, 2.75) is 56.3 Å². The summed E-state index contributed by atoms with van der Waals surface area (Å²) >= 11 is 0. The van der Waals surface area contributed by atoms with Crippen molar-refractivity contribution in [2.75, 3.05) is 23.7 Å². The fraction of sp³-hybridized carbons (Fsp3) is 0.545. The minimum atomic E-state index is -2.79. The molecule has 3 aliphatic rings. The quantitative estimate of drug-likeness (QED) is 0.470. The molecule has 7 nitrogen and oxygen atoms in total. The van der Waals surface area contributed by atoms with Crippen LogP contribution in [0.2, 0.25) is 0 Å². The number of alkyl halides is 3. The first-order valence-electron chi connectivity index (χ1n) is 10.8. The minimum absolute atomic E-state index is 0.101. The lowest BCUT2D eigenvalue weighted by Gasteiger charge is -2.48.